The third kappa shape index (κ3) is 2.81. The van der Waals surface area contributed by atoms with E-state index < -0.39 is 5.97 Å². The molecule has 1 aromatic rings. The lowest BCUT2D eigenvalue weighted by atomic mass is 9.93. The van der Waals surface area contributed by atoms with Crippen molar-refractivity contribution in [1.82, 2.24) is 19.7 Å². The van der Waals surface area contributed by atoms with Crippen LogP contribution < -0.4 is 0 Å². The molecule has 2 aliphatic heterocycles. The summed E-state index contributed by atoms with van der Waals surface area (Å²) in [5.74, 6) is 1.41. The van der Waals surface area contributed by atoms with Gasteiger partial charge in [0.2, 0.25) is 0 Å². The van der Waals surface area contributed by atoms with Crippen molar-refractivity contribution >= 4 is 5.97 Å². The second-order valence-corrected chi connectivity index (χ2v) is 6.56. The molecule has 1 atom stereocenters. The number of aromatic nitrogens is 3. The first-order chi connectivity index (χ1) is 10.1. The number of carboxylic acid groups (broad SMARTS) is 1. The van der Waals surface area contributed by atoms with Crippen LogP contribution in [0.25, 0.3) is 0 Å². The molecule has 0 saturated carbocycles. The summed E-state index contributed by atoms with van der Waals surface area (Å²) in [7, 11) is 0. The Kier molecular flexibility index (Phi) is 3.97. The number of rotatable bonds is 3. The van der Waals surface area contributed by atoms with E-state index in [2.05, 4.69) is 33.5 Å². The predicted molar refractivity (Wildman–Crippen MR) is 78.2 cm³/mol. The van der Waals surface area contributed by atoms with E-state index in [0.29, 0.717) is 24.8 Å². The van der Waals surface area contributed by atoms with Crippen LogP contribution in [-0.2, 0) is 17.8 Å². The van der Waals surface area contributed by atoms with E-state index in [1.807, 2.05) is 0 Å². The van der Waals surface area contributed by atoms with E-state index in [1.165, 1.54) is 0 Å². The van der Waals surface area contributed by atoms with Gasteiger partial charge in [-0.15, -0.1) is 10.2 Å². The first-order valence-electron chi connectivity index (χ1n) is 7.95. The number of nitrogens with zero attached hydrogens (tertiary/aromatic N) is 4. The molecular weight excluding hydrogens is 268 g/mol. The quantitative estimate of drug-likeness (QED) is 0.914. The molecule has 0 radical (unpaired) electrons. The molecule has 1 aromatic heterocycles. The van der Waals surface area contributed by atoms with Gasteiger partial charge in [0.15, 0.2) is 0 Å². The molecule has 2 aliphatic rings. The van der Waals surface area contributed by atoms with Gasteiger partial charge in [0.25, 0.3) is 0 Å². The summed E-state index contributed by atoms with van der Waals surface area (Å²) in [5.41, 5.74) is 0. The molecule has 116 valence electrons. The highest BCUT2D eigenvalue weighted by Crippen LogP contribution is 2.30. The molecule has 21 heavy (non-hydrogen) atoms. The zero-order chi connectivity index (χ0) is 15.0. The van der Waals surface area contributed by atoms with E-state index in [9.17, 15) is 4.79 Å². The average Bonchev–Trinajstić information content (AvgIpc) is 2.90. The van der Waals surface area contributed by atoms with Crippen molar-refractivity contribution in [3.05, 3.63) is 11.6 Å². The molecule has 6 nitrogen and oxygen atoms in total. The molecule has 1 unspecified atom stereocenters. The van der Waals surface area contributed by atoms with Gasteiger partial charge >= 0.3 is 5.97 Å². The molecule has 0 spiro atoms. The minimum Gasteiger partial charge on any atom is -0.481 e. The van der Waals surface area contributed by atoms with Crippen LogP contribution in [0, 0.1) is 5.92 Å². The lowest BCUT2D eigenvalue weighted by molar-refractivity contribution is -0.142. The summed E-state index contributed by atoms with van der Waals surface area (Å²) in [5, 5.41) is 17.8. The van der Waals surface area contributed by atoms with Crippen LogP contribution in [0.1, 0.15) is 50.7 Å². The molecule has 3 rings (SSSR count). The van der Waals surface area contributed by atoms with E-state index in [0.717, 1.165) is 44.1 Å². The Morgan fingerprint density at radius 3 is 2.52 bits per heavy atom. The van der Waals surface area contributed by atoms with Gasteiger partial charge in [-0.2, -0.15) is 0 Å². The number of likely N-dealkylation sites (tertiary alicyclic amines) is 1. The van der Waals surface area contributed by atoms with Gasteiger partial charge in [-0.3, -0.25) is 4.79 Å². The summed E-state index contributed by atoms with van der Waals surface area (Å²) in [6, 6.07) is 0.606. The summed E-state index contributed by atoms with van der Waals surface area (Å²) < 4.78 is 2.18. The van der Waals surface area contributed by atoms with Gasteiger partial charge in [0.1, 0.15) is 11.6 Å². The maximum absolute atomic E-state index is 11.1. The summed E-state index contributed by atoms with van der Waals surface area (Å²) in [4.78, 5) is 13.6. The monoisotopic (exact) mass is 292 g/mol. The van der Waals surface area contributed by atoms with E-state index in [-0.39, 0.29) is 5.92 Å². The molecular formula is C15H24N4O2. The predicted octanol–water partition coefficient (Wildman–Crippen LogP) is 1.51. The highest BCUT2D eigenvalue weighted by molar-refractivity contribution is 5.70. The van der Waals surface area contributed by atoms with E-state index >= 15 is 0 Å². The highest BCUT2D eigenvalue weighted by Gasteiger charge is 2.31. The maximum atomic E-state index is 11.1. The number of piperidine rings is 1. The second-order valence-electron chi connectivity index (χ2n) is 6.56. The van der Waals surface area contributed by atoms with Crippen LogP contribution in [0.15, 0.2) is 0 Å². The van der Waals surface area contributed by atoms with Crippen molar-refractivity contribution in [3.63, 3.8) is 0 Å². The van der Waals surface area contributed by atoms with Crippen molar-refractivity contribution in [2.24, 2.45) is 5.92 Å². The number of carboxylic acids is 1. The van der Waals surface area contributed by atoms with E-state index in [1.54, 1.807) is 0 Å². The molecule has 0 bridgehead atoms. The van der Waals surface area contributed by atoms with Crippen molar-refractivity contribution < 1.29 is 9.90 Å². The van der Waals surface area contributed by atoms with Gasteiger partial charge in [-0.25, -0.2) is 0 Å². The molecule has 1 fully saturated rings. The molecule has 6 heteroatoms. The van der Waals surface area contributed by atoms with Crippen LogP contribution in [0.5, 0.6) is 0 Å². The van der Waals surface area contributed by atoms with Crippen molar-refractivity contribution in [3.8, 4) is 0 Å². The largest absolute Gasteiger partial charge is 0.481 e. The van der Waals surface area contributed by atoms with Crippen molar-refractivity contribution in [1.29, 1.82) is 0 Å². The maximum Gasteiger partial charge on any atom is 0.307 e. The summed E-state index contributed by atoms with van der Waals surface area (Å²) >= 11 is 0. The molecule has 0 amide bonds. The van der Waals surface area contributed by atoms with E-state index in [4.69, 9.17) is 5.11 Å². The number of fused-ring (bicyclic) bond motifs is 1. The molecule has 0 aromatic carbocycles. The fourth-order valence-electron chi connectivity index (χ4n) is 3.54. The van der Waals surface area contributed by atoms with Crippen LogP contribution in [0.3, 0.4) is 0 Å². The van der Waals surface area contributed by atoms with Crippen LogP contribution in [0.2, 0.25) is 0 Å². The Morgan fingerprint density at radius 1 is 1.19 bits per heavy atom. The number of hydrogen-bond donors (Lipinski definition) is 1. The Labute approximate surface area is 125 Å². The Morgan fingerprint density at radius 2 is 1.90 bits per heavy atom. The van der Waals surface area contributed by atoms with Crippen molar-refractivity contribution in [2.45, 2.75) is 58.0 Å². The molecule has 1 saturated heterocycles. The Hall–Kier alpha value is -1.43. The van der Waals surface area contributed by atoms with Crippen LogP contribution in [-0.4, -0.2) is 49.9 Å². The topological polar surface area (TPSA) is 71.2 Å². The first kappa shape index (κ1) is 14.5. The SMILES string of the molecule is CC(C)N1CCC(c2nnc3n2CCC(C(=O)O)C3)CC1. The van der Waals surface area contributed by atoms with Crippen LogP contribution in [0.4, 0.5) is 0 Å². The zero-order valence-corrected chi connectivity index (χ0v) is 12.8. The normalized spacial score (nSPS) is 24.2. The molecule has 0 aliphatic carbocycles. The lowest BCUT2D eigenvalue weighted by Crippen LogP contribution is -2.38. The second kappa shape index (κ2) is 5.75. The lowest BCUT2D eigenvalue weighted by Gasteiger charge is -2.34. The fraction of sp³-hybridized carbons (Fsp3) is 0.800. The van der Waals surface area contributed by atoms with Crippen LogP contribution >= 0.6 is 0 Å². The highest BCUT2D eigenvalue weighted by atomic mass is 16.4. The van der Waals surface area contributed by atoms with Gasteiger partial charge in [0.05, 0.1) is 5.92 Å². The minimum absolute atomic E-state index is 0.294. The van der Waals surface area contributed by atoms with Gasteiger partial charge in [0, 0.05) is 24.9 Å². The number of aliphatic carboxylic acids is 1. The average molecular weight is 292 g/mol. The Balaban J connectivity index is 1.70. The first-order valence-corrected chi connectivity index (χ1v) is 7.95. The fourth-order valence-corrected chi connectivity index (χ4v) is 3.54. The van der Waals surface area contributed by atoms with Crippen molar-refractivity contribution in [2.75, 3.05) is 13.1 Å². The number of hydrogen-bond acceptors (Lipinski definition) is 4. The van der Waals surface area contributed by atoms with Gasteiger partial charge < -0.3 is 14.6 Å². The summed E-state index contributed by atoms with van der Waals surface area (Å²) in [6.07, 6.45) is 3.46. The third-order valence-corrected chi connectivity index (χ3v) is 4.96. The minimum atomic E-state index is -0.712. The number of carbonyl (C=O) groups is 1. The van der Waals surface area contributed by atoms with Gasteiger partial charge in [-0.1, -0.05) is 0 Å². The van der Waals surface area contributed by atoms with Gasteiger partial charge in [-0.05, 0) is 46.2 Å². The standard InChI is InChI=1S/C15H24N4O2/c1-10(2)18-6-3-11(4-7-18)14-17-16-13-9-12(15(20)21)5-8-19(13)14/h10-12H,3-9H2,1-2H3,(H,20,21). The molecule has 1 N–H and O–H groups in total. The zero-order valence-electron chi connectivity index (χ0n) is 12.8. The Bertz CT molecular complexity index is 518. The third-order valence-electron chi connectivity index (χ3n) is 4.96. The smallest absolute Gasteiger partial charge is 0.307 e. The molecule has 3 heterocycles. The summed E-state index contributed by atoms with van der Waals surface area (Å²) in [6.45, 7) is 7.46.